The van der Waals surface area contributed by atoms with Gasteiger partial charge < -0.3 is 4.57 Å². The topological polar surface area (TPSA) is 64.0 Å². The third-order valence-electron chi connectivity index (χ3n) is 4.16. The Labute approximate surface area is 160 Å². The summed E-state index contributed by atoms with van der Waals surface area (Å²) in [7, 11) is -2.22. The number of benzene rings is 2. The molecule has 0 amide bonds. The molecule has 1 heterocycles. The SMILES string of the molecule is Cn1ccnc1C(NS(=O)(=O)Cc1cccc(C(F)(F)F)c1)c1ccccc1. The van der Waals surface area contributed by atoms with Gasteiger partial charge in [-0.05, 0) is 17.2 Å². The highest BCUT2D eigenvalue weighted by molar-refractivity contribution is 7.88. The quantitative estimate of drug-likeness (QED) is 0.676. The van der Waals surface area contributed by atoms with E-state index in [1.165, 1.54) is 12.1 Å². The fraction of sp³-hybridized carbons (Fsp3) is 0.211. The maximum Gasteiger partial charge on any atom is 0.416 e. The molecule has 0 aliphatic carbocycles. The minimum Gasteiger partial charge on any atom is -0.336 e. The smallest absolute Gasteiger partial charge is 0.336 e. The predicted octanol–water partition coefficient (Wildman–Crippen LogP) is 3.65. The molecule has 28 heavy (non-hydrogen) atoms. The first-order valence-electron chi connectivity index (χ1n) is 8.34. The Morgan fingerprint density at radius 3 is 2.43 bits per heavy atom. The molecule has 1 N–H and O–H groups in total. The van der Waals surface area contributed by atoms with E-state index in [4.69, 9.17) is 0 Å². The molecular formula is C19H18F3N3O2S. The Hall–Kier alpha value is -2.65. The van der Waals surface area contributed by atoms with Crippen LogP contribution in [-0.2, 0) is 29.0 Å². The van der Waals surface area contributed by atoms with Gasteiger partial charge in [-0.15, -0.1) is 0 Å². The van der Waals surface area contributed by atoms with Crippen molar-refractivity contribution in [3.63, 3.8) is 0 Å². The normalized spacial score (nSPS) is 13.4. The maximum atomic E-state index is 12.9. The Bertz CT molecular complexity index is 1050. The molecule has 1 aromatic heterocycles. The Morgan fingerprint density at radius 2 is 1.82 bits per heavy atom. The van der Waals surface area contributed by atoms with Gasteiger partial charge in [0.25, 0.3) is 0 Å². The van der Waals surface area contributed by atoms with Gasteiger partial charge in [-0.3, -0.25) is 0 Å². The summed E-state index contributed by atoms with van der Waals surface area (Å²) in [6, 6.07) is 12.4. The molecule has 1 unspecified atom stereocenters. The molecule has 0 saturated carbocycles. The lowest BCUT2D eigenvalue weighted by molar-refractivity contribution is -0.137. The van der Waals surface area contributed by atoms with Crippen molar-refractivity contribution in [1.29, 1.82) is 0 Å². The van der Waals surface area contributed by atoms with Gasteiger partial charge in [-0.2, -0.15) is 17.9 Å². The fourth-order valence-electron chi connectivity index (χ4n) is 2.85. The largest absolute Gasteiger partial charge is 0.416 e. The van der Waals surface area contributed by atoms with Crippen LogP contribution in [-0.4, -0.2) is 18.0 Å². The van der Waals surface area contributed by atoms with E-state index in [1.807, 2.05) is 0 Å². The highest BCUT2D eigenvalue weighted by Gasteiger charge is 2.31. The molecule has 0 fully saturated rings. The van der Waals surface area contributed by atoms with Crippen LogP contribution in [0.25, 0.3) is 0 Å². The van der Waals surface area contributed by atoms with Crippen LogP contribution in [0.1, 0.15) is 28.6 Å². The first-order chi connectivity index (χ1) is 13.2. The van der Waals surface area contributed by atoms with Gasteiger partial charge >= 0.3 is 6.18 Å². The van der Waals surface area contributed by atoms with E-state index >= 15 is 0 Å². The zero-order chi connectivity index (χ0) is 20.4. The minimum atomic E-state index is -4.53. The first kappa shape index (κ1) is 20.1. The number of aryl methyl sites for hydroxylation is 1. The summed E-state index contributed by atoms with van der Waals surface area (Å²) < 4.78 is 68.4. The molecule has 5 nitrogen and oxygen atoms in total. The van der Waals surface area contributed by atoms with Gasteiger partial charge in [0, 0.05) is 19.4 Å². The van der Waals surface area contributed by atoms with Crippen molar-refractivity contribution in [2.24, 2.45) is 7.05 Å². The minimum absolute atomic E-state index is 0.0500. The average Bonchev–Trinajstić information content (AvgIpc) is 3.05. The number of nitrogens with one attached hydrogen (secondary N) is 1. The zero-order valence-electron chi connectivity index (χ0n) is 14.9. The summed E-state index contributed by atoms with van der Waals surface area (Å²) >= 11 is 0. The molecule has 0 saturated heterocycles. The molecule has 0 aliphatic rings. The number of imidazole rings is 1. The lowest BCUT2D eigenvalue weighted by Gasteiger charge is -2.19. The lowest BCUT2D eigenvalue weighted by atomic mass is 10.1. The van der Waals surface area contributed by atoms with Crippen molar-refractivity contribution in [3.05, 3.63) is 89.5 Å². The van der Waals surface area contributed by atoms with Crippen molar-refractivity contribution >= 4 is 10.0 Å². The van der Waals surface area contributed by atoms with Crippen LogP contribution in [0.2, 0.25) is 0 Å². The standard InChI is InChI=1S/C19H18F3N3O2S/c1-25-11-10-23-18(25)17(15-7-3-2-4-8-15)24-28(26,27)13-14-6-5-9-16(12-14)19(20,21)22/h2-12,17,24H,13H2,1H3. The Balaban J connectivity index is 1.89. The van der Waals surface area contributed by atoms with E-state index in [-0.39, 0.29) is 5.56 Å². The second kappa shape index (κ2) is 7.76. The third kappa shape index (κ3) is 4.79. The van der Waals surface area contributed by atoms with Crippen LogP contribution < -0.4 is 4.72 Å². The van der Waals surface area contributed by atoms with Crippen molar-refractivity contribution in [1.82, 2.24) is 14.3 Å². The summed E-state index contributed by atoms with van der Waals surface area (Å²) in [6.07, 6.45) is -1.30. The highest BCUT2D eigenvalue weighted by Crippen LogP contribution is 2.30. The molecule has 3 rings (SSSR count). The van der Waals surface area contributed by atoms with E-state index in [1.54, 1.807) is 54.3 Å². The number of sulfonamides is 1. The van der Waals surface area contributed by atoms with Gasteiger partial charge in [-0.25, -0.2) is 13.4 Å². The van der Waals surface area contributed by atoms with Crippen molar-refractivity contribution < 1.29 is 21.6 Å². The van der Waals surface area contributed by atoms with Crippen LogP contribution in [0.4, 0.5) is 13.2 Å². The van der Waals surface area contributed by atoms with Crippen LogP contribution >= 0.6 is 0 Å². The van der Waals surface area contributed by atoms with E-state index in [0.717, 1.165) is 12.1 Å². The maximum absolute atomic E-state index is 12.9. The number of hydrogen-bond donors (Lipinski definition) is 1. The lowest BCUT2D eigenvalue weighted by Crippen LogP contribution is -2.32. The van der Waals surface area contributed by atoms with Gasteiger partial charge in [0.2, 0.25) is 10.0 Å². The summed E-state index contributed by atoms with van der Waals surface area (Å²) in [6.45, 7) is 0. The second-order valence-electron chi connectivity index (χ2n) is 6.32. The number of alkyl halides is 3. The Kier molecular flexibility index (Phi) is 5.57. The third-order valence-corrected chi connectivity index (χ3v) is 5.47. The number of halogens is 3. The van der Waals surface area contributed by atoms with Crippen LogP contribution in [0.15, 0.2) is 67.0 Å². The highest BCUT2D eigenvalue weighted by atomic mass is 32.2. The summed E-state index contributed by atoms with van der Waals surface area (Å²) in [4.78, 5) is 4.22. The summed E-state index contributed by atoms with van der Waals surface area (Å²) in [5, 5.41) is 0. The molecule has 0 aliphatic heterocycles. The second-order valence-corrected chi connectivity index (χ2v) is 8.07. The monoisotopic (exact) mass is 409 g/mol. The predicted molar refractivity (Wildman–Crippen MR) is 98.7 cm³/mol. The number of hydrogen-bond acceptors (Lipinski definition) is 3. The molecule has 0 bridgehead atoms. The van der Waals surface area contributed by atoms with E-state index < -0.39 is 33.6 Å². The van der Waals surface area contributed by atoms with E-state index in [2.05, 4.69) is 9.71 Å². The van der Waals surface area contributed by atoms with Gasteiger partial charge in [0.15, 0.2) is 0 Å². The molecule has 1 atom stereocenters. The fourth-order valence-corrected chi connectivity index (χ4v) is 4.15. The Morgan fingerprint density at radius 1 is 1.11 bits per heavy atom. The molecular weight excluding hydrogens is 391 g/mol. The van der Waals surface area contributed by atoms with Crippen LogP contribution in [0, 0.1) is 0 Å². The van der Waals surface area contributed by atoms with Crippen molar-refractivity contribution in [3.8, 4) is 0 Å². The summed E-state index contributed by atoms with van der Waals surface area (Å²) in [5.41, 5.74) is -0.165. The van der Waals surface area contributed by atoms with E-state index in [9.17, 15) is 21.6 Å². The van der Waals surface area contributed by atoms with Gasteiger partial charge in [-0.1, -0.05) is 48.5 Å². The summed E-state index contributed by atoms with van der Waals surface area (Å²) in [5.74, 6) is -0.108. The van der Waals surface area contributed by atoms with Gasteiger partial charge in [0.1, 0.15) is 11.9 Å². The first-order valence-corrected chi connectivity index (χ1v) is 9.99. The van der Waals surface area contributed by atoms with Crippen LogP contribution in [0.5, 0.6) is 0 Å². The number of rotatable bonds is 6. The van der Waals surface area contributed by atoms with Gasteiger partial charge in [0.05, 0.1) is 11.3 Å². The number of nitrogens with zero attached hydrogens (tertiary/aromatic N) is 2. The number of aromatic nitrogens is 2. The van der Waals surface area contributed by atoms with E-state index in [0.29, 0.717) is 11.4 Å². The van der Waals surface area contributed by atoms with Crippen molar-refractivity contribution in [2.75, 3.05) is 0 Å². The molecule has 148 valence electrons. The molecule has 3 aromatic rings. The zero-order valence-corrected chi connectivity index (χ0v) is 15.7. The molecule has 0 radical (unpaired) electrons. The molecule has 2 aromatic carbocycles. The van der Waals surface area contributed by atoms with Crippen molar-refractivity contribution in [2.45, 2.75) is 18.0 Å². The molecule has 9 heteroatoms. The average molecular weight is 409 g/mol. The molecule has 0 spiro atoms. The van der Waals surface area contributed by atoms with Crippen LogP contribution in [0.3, 0.4) is 0 Å².